The van der Waals surface area contributed by atoms with Gasteiger partial charge in [-0.05, 0) is 54.2 Å². The van der Waals surface area contributed by atoms with Crippen LogP contribution in [-0.2, 0) is 0 Å². The zero-order valence-electron chi connectivity index (χ0n) is 17.4. The van der Waals surface area contributed by atoms with Gasteiger partial charge >= 0.3 is 0 Å². The number of hydrogen-bond donors (Lipinski definition) is 0. The van der Waals surface area contributed by atoms with Gasteiger partial charge in [0.1, 0.15) is 0 Å². The van der Waals surface area contributed by atoms with Crippen molar-refractivity contribution in [1.29, 1.82) is 0 Å². The van der Waals surface area contributed by atoms with Crippen LogP contribution < -0.4 is 15.9 Å². The third kappa shape index (κ3) is 6.01. The molecule has 3 aromatic carbocycles. The average molecular weight is 406 g/mol. The first-order chi connectivity index (χ1) is 13.6. The molecule has 0 bridgehead atoms. The Morgan fingerprint density at radius 1 is 0.536 bits per heavy atom. The molecule has 0 N–H and O–H groups in total. The Labute approximate surface area is 173 Å². The van der Waals surface area contributed by atoms with E-state index in [1.54, 1.807) is 5.30 Å². The van der Waals surface area contributed by atoms with E-state index in [4.69, 9.17) is 0 Å². The van der Waals surface area contributed by atoms with Crippen LogP contribution in [0, 0.1) is 0 Å². The molecule has 0 aliphatic heterocycles. The molecule has 0 saturated carbocycles. The molecule has 0 aromatic heterocycles. The zero-order chi connectivity index (χ0) is 19.8. The average Bonchev–Trinajstić information content (AvgIpc) is 2.72. The molecule has 0 amide bonds. The second kappa shape index (κ2) is 10.3. The summed E-state index contributed by atoms with van der Waals surface area (Å²) in [5.74, 6) is 0. The molecule has 0 aliphatic rings. The fraction of sp³-hybridized carbons (Fsp3) is 0.308. The third-order valence-corrected chi connectivity index (χ3v) is 10.9. The molecule has 0 fully saturated rings. The summed E-state index contributed by atoms with van der Waals surface area (Å²) >= 11 is 0. The largest absolute Gasteiger partial charge is 0.0698 e. The Balaban J connectivity index is 1.65. The van der Waals surface area contributed by atoms with Crippen molar-refractivity contribution >= 4 is 31.8 Å². The van der Waals surface area contributed by atoms with Crippen LogP contribution in [0.2, 0.25) is 0 Å². The van der Waals surface area contributed by atoms with Gasteiger partial charge in [0.25, 0.3) is 0 Å². The molecule has 3 aromatic rings. The summed E-state index contributed by atoms with van der Waals surface area (Å²) in [6.45, 7) is 7.23. The lowest BCUT2D eigenvalue weighted by atomic mass is 10.3. The molecular weight excluding hydrogens is 374 g/mol. The van der Waals surface area contributed by atoms with Gasteiger partial charge in [-0.3, -0.25) is 0 Å². The van der Waals surface area contributed by atoms with Crippen LogP contribution in [0.4, 0.5) is 0 Å². The molecule has 0 aliphatic carbocycles. The van der Waals surface area contributed by atoms with Crippen LogP contribution in [0.15, 0.2) is 91.0 Å². The summed E-state index contributed by atoms with van der Waals surface area (Å²) in [4.78, 5) is 0. The van der Waals surface area contributed by atoms with Crippen molar-refractivity contribution in [2.45, 2.75) is 38.8 Å². The number of unbranched alkanes of at least 4 members (excludes halogenated alkanes) is 1. The van der Waals surface area contributed by atoms with Gasteiger partial charge in [0.05, 0.1) is 0 Å². The Kier molecular flexibility index (Phi) is 7.84. The maximum Gasteiger partial charge on any atom is -0.0139 e. The lowest BCUT2D eigenvalue weighted by Gasteiger charge is -2.32. The summed E-state index contributed by atoms with van der Waals surface area (Å²) in [6, 6.07) is 33.4. The standard InChI is InChI=1S/C26H32P2/c1-26(2,3)28(25-19-11-6-12-20-25)22-14-13-21-27(23-15-7-4-8-16-23)24-17-9-5-10-18-24/h4-12,15-20H,13-14,21-22H2,1-3H3. The lowest BCUT2D eigenvalue weighted by Crippen LogP contribution is -2.21. The Bertz CT molecular complexity index is 768. The minimum absolute atomic E-state index is 0.129. The molecule has 1 unspecified atom stereocenters. The van der Waals surface area contributed by atoms with Crippen LogP contribution in [0.25, 0.3) is 0 Å². The summed E-state index contributed by atoms with van der Waals surface area (Å²) in [7, 11) is -0.386. The SMILES string of the molecule is CC(C)(C)P(CCCCP(c1ccccc1)c1ccccc1)c1ccccc1. The van der Waals surface area contributed by atoms with Gasteiger partial charge in [-0.25, -0.2) is 0 Å². The summed E-state index contributed by atoms with van der Waals surface area (Å²) in [5, 5.41) is 4.92. The summed E-state index contributed by atoms with van der Waals surface area (Å²) in [5.41, 5.74) is 0. The molecule has 2 heteroatoms. The van der Waals surface area contributed by atoms with E-state index in [0.29, 0.717) is 5.16 Å². The summed E-state index contributed by atoms with van der Waals surface area (Å²) in [6.07, 6.45) is 5.23. The van der Waals surface area contributed by atoms with Crippen LogP contribution in [0.1, 0.15) is 33.6 Å². The van der Waals surface area contributed by atoms with Crippen LogP contribution >= 0.6 is 15.8 Å². The number of benzene rings is 3. The van der Waals surface area contributed by atoms with E-state index in [9.17, 15) is 0 Å². The predicted molar refractivity (Wildman–Crippen MR) is 131 cm³/mol. The van der Waals surface area contributed by atoms with Gasteiger partial charge < -0.3 is 0 Å². The van der Waals surface area contributed by atoms with Gasteiger partial charge in [-0.15, -0.1) is 0 Å². The smallest absolute Gasteiger partial charge is 0.0139 e. The van der Waals surface area contributed by atoms with E-state index >= 15 is 0 Å². The second-order valence-corrected chi connectivity index (χ2v) is 13.7. The number of hydrogen-bond acceptors (Lipinski definition) is 0. The molecule has 0 saturated heterocycles. The van der Waals surface area contributed by atoms with Crippen molar-refractivity contribution < 1.29 is 0 Å². The van der Waals surface area contributed by atoms with E-state index in [2.05, 4.69) is 112 Å². The molecule has 28 heavy (non-hydrogen) atoms. The maximum atomic E-state index is 2.41. The Morgan fingerprint density at radius 3 is 1.36 bits per heavy atom. The van der Waals surface area contributed by atoms with Gasteiger partial charge in [0.15, 0.2) is 0 Å². The van der Waals surface area contributed by atoms with E-state index in [1.807, 2.05) is 0 Å². The molecule has 146 valence electrons. The van der Waals surface area contributed by atoms with Crippen molar-refractivity contribution in [3.63, 3.8) is 0 Å². The Morgan fingerprint density at radius 2 is 0.929 bits per heavy atom. The van der Waals surface area contributed by atoms with Gasteiger partial charge in [-0.1, -0.05) is 120 Å². The van der Waals surface area contributed by atoms with Gasteiger partial charge in [0, 0.05) is 0 Å². The maximum absolute atomic E-state index is 2.41. The van der Waals surface area contributed by atoms with Crippen molar-refractivity contribution in [1.82, 2.24) is 0 Å². The van der Waals surface area contributed by atoms with E-state index in [-0.39, 0.29) is 15.8 Å². The first kappa shape index (κ1) is 21.2. The molecule has 1 atom stereocenters. The van der Waals surface area contributed by atoms with Gasteiger partial charge in [0.2, 0.25) is 0 Å². The molecule has 0 radical (unpaired) electrons. The van der Waals surface area contributed by atoms with Crippen molar-refractivity contribution in [3.8, 4) is 0 Å². The van der Waals surface area contributed by atoms with Crippen LogP contribution in [0.3, 0.4) is 0 Å². The molecule has 0 spiro atoms. The van der Waals surface area contributed by atoms with E-state index in [1.165, 1.54) is 35.8 Å². The number of rotatable bonds is 8. The van der Waals surface area contributed by atoms with Crippen molar-refractivity contribution in [2.75, 3.05) is 12.3 Å². The normalized spacial score (nSPS) is 12.9. The minimum Gasteiger partial charge on any atom is -0.0698 e. The van der Waals surface area contributed by atoms with Crippen LogP contribution in [0.5, 0.6) is 0 Å². The van der Waals surface area contributed by atoms with Gasteiger partial charge in [-0.2, -0.15) is 0 Å². The minimum atomic E-state index is -0.257. The highest BCUT2D eigenvalue weighted by Crippen LogP contribution is 2.49. The molecule has 3 rings (SSSR count). The monoisotopic (exact) mass is 406 g/mol. The highest BCUT2D eigenvalue weighted by atomic mass is 31.1. The lowest BCUT2D eigenvalue weighted by molar-refractivity contribution is 0.777. The van der Waals surface area contributed by atoms with Crippen molar-refractivity contribution in [2.24, 2.45) is 0 Å². The predicted octanol–water partition coefficient (Wildman–Crippen LogP) is 6.51. The molecular formula is C26H32P2. The molecule has 0 nitrogen and oxygen atoms in total. The van der Waals surface area contributed by atoms with Crippen LogP contribution in [-0.4, -0.2) is 17.5 Å². The summed E-state index contributed by atoms with van der Waals surface area (Å²) < 4.78 is 0. The van der Waals surface area contributed by atoms with E-state index < -0.39 is 0 Å². The second-order valence-electron chi connectivity index (χ2n) is 8.19. The van der Waals surface area contributed by atoms with Crippen molar-refractivity contribution in [3.05, 3.63) is 91.0 Å². The fourth-order valence-corrected chi connectivity index (χ4v) is 8.82. The highest BCUT2D eigenvalue weighted by Gasteiger charge is 2.25. The highest BCUT2D eigenvalue weighted by molar-refractivity contribution is 7.73. The third-order valence-electron chi connectivity index (χ3n) is 5.03. The quantitative estimate of drug-likeness (QED) is 0.296. The molecule has 0 heterocycles. The van der Waals surface area contributed by atoms with E-state index in [0.717, 1.165) is 0 Å². The topological polar surface area (TPSA) is 0 Å². The first-order valence-electron chi connectivity index (χ1n) is 10.3. The zero-order valence-corrected chi connectivity index (χ0v) is 19.2. The fourth-order valence-electron chi connectivity index (χ4n) is 3.62. The first-order valence-corrected chi connectivity index (χ1v) is 13.3. The Hall–Kier alpha value is -1.48.